The van der Waals surface area contributed by atoms with Gasteiger partial charge in [0, 0.05) is 32.2 Å². The smallest absolute Gasteiger partial charge is 0.274 e. The van der Waals surface area contributed by atoms with Gasteiger partial charge in [-0.25, -0.2) is 0 Å². The van der Waals surface area contributed by atoms with Crippen LogP contribution < -0.4 is 5.32 Å². The normalized spacial score (nSPS) is 28.1. The third kappa shape index (κ3) is 2.85. The van der Waals surface area contributed by atoms with E-state index in [4.69, 9.17) is 4.74 Å². The van der Waals surface area contributed by atoms with Crippen LogP contribution in [0, 0.1) is 16.0 Å². The minimum atomic E-state index is -0.397. The standard InChI is InChI=1S/C10H17N3O3/c14-13(15)7-10-11-3-1-4-12(10)6-9-2-5-16-8-9/h7,9,11H,1-6,8H2. The van der Waals surface area contributed by atoms with Gasteiger partial charge in [0.05, 0.1) is 11.5 Å². The molecule has 0 saturated carbocycles. The molecule has 2 aliphatic rings. The zero-order valence-electron chi connectivity index (χ0n) is 9.22. The number of nitro groups is 1. The van der Waals surface area contributed by atoms with Gasteiger partial charge in [0.1, 0.15) is 0 Å². The molecule has 0 radical (unpaired) electrons. The van der Waals surface area contributed by atoms with Crippen LogP contribution in [0.15, 0.2) is 12.0 Å². The molecule has 0 aliphatic carbocycles. The van der Waals surface area contributed by atoms with Gasteiger partial charge in [0.25, 0.3) is 6.20 Å². The molecule has 0 aromatic heterocycles. The molecule has 0 amide bonds. The lowest BCUT2D eigenvalue weighted by Crippen LogP contribution is -2.42. The molecule has 2 heterocycles. The highest BCUT2D eigenvalue weighted by atomic mass is 16.6. The van der Waals surface area contributed by atoms with Crippen molar-refractivity contribution in [2.24, 2.45) is 5.92 Å². The predicted octanol–water partition coefficient (Wildman–Crippen LogP) is 0.394. The van der Waals surface area contributed by atoms with Gasteiger partial charge >= 0.3 is 0 Å². The molecule has 0 aromatic carbocycles. The molecule has 2 fully saturated rings. The van der Waals surface area contributed by atoms with Crippen molar-refractivity contribution < 1.29 is 9.66 Å². The van der Waals surface area contributed by atoms with Crippen LogP contribution in [0.2, 0.25) is 0 Å². The van der Waals surface area contributed by atoms with Crippen LogP contribution in [0.3, 0.4) is 0 Å². The van der Waals surface area contributed by atoms with Gasteiger partial charge in [-0.2, -0.15) is 0 Å². The number of hydrogen-bond acceptors (Lipinski definition) is 5. The van der Waals surface area contributed by atoms with E-state index in [1.54, 1.807) is 0 Å². The predicted molar refractivity (Wildman–Crippen MR) is 58.2 cm³/mol. The highest BCUT2D eigenvalue weighted by Crippen LogP contribution is 2.17. The van der Waals surface area contributed by atoms with Crippen LogP contribution in [-0.2, 0) is 4.74 Å². The van der Waals surface area contributed by atoms with Gasteiger partial charge in [-0.3, -0.25) is 10.1 Å². The molecule has 6 heteroatoms. The fourth-order valence-corrected chi connectivity index (χ4v) is 2.17. The van der Waals surface area contributed by atoms with E-state index in [0.29, 0.717) is 11.7 Å². The number of hydrogen-bond donors (Lipinski definition) is 1. The van der Waals surface area contributed by atoms with E-state index in [-0.39, 0.29) is 0 Å². The summed E-state index contributed by atoms with van der Waals surface area (Å²) in [4.78, 5) is 12.2. The van der Waals surface area contributed by atoms with Gasteiger partial charge in [-0.15, -0.1) is 0 Å². The second kappa shape index (κ2) is 5.16. The fraction of sp³-hybridized carbons (Fsp3) is 0.800. The van der Waals surface area contributed by atoms with Crippen LogP contribution in [0.4, 0.5) is 0 Å². The van der Waals surface area contributed by atoms with E-state index in [9.17, 15) is 10.1 Å². The highest BCUT2D eigenvalue weighted by molar-refractivity contribution is 4.98. The van der Waals surface area contributed by atoms with Crippen molar-refractivity contribution in [3.05, 3.63) is 22.1 Å². The maximum atomic E-state index is 10.5. The Bertz CT molecular complexity index is 287. The van der Waals surface area contributed by atoms with Crippen LogP contribution in [0.1, 0.15) is 12.8 Å². The largest absolute Gasteiger partial charge is 0.381 e. The second-order valence-electron chi connectivity index (χ2n) is 4.26. The summed E-state index contributed by atoms with van der Waals surface area (Å²) in [5, 5.41) is 13.6. The number of nitrogens with zero attached hydrogens (tertiary/aromatic N) is 2. The second-order valence-corrected chi connectivity index (χ2v) is 4.26. The zero-order chi connectivity index (χ0) is 11.4. The summed E-state index contributed by atoms with van der Waals surface area (Å²) in [5.41, 5.74) is 0. The fourth-order valence-electron chi connectivity index (χ4n) is 2.17. The topological polar surface area (TPSA) is 67.6 Å². The molecule has 16 heavy (non-hydrogen) atoms. The lowest BCUT2D eigenvalue weighted by Gasteiger charge is -2.32. The number of nitrogens with one attached hydrogen (secondary N) is 1. The number of rotatable bonds is 3. The van der Waals surface area contributed by atoms with E-state index in [1.165, 1.54) is 0 Å². The first-order valence-electron chi connectivity index (χ1n) is 5.67. The summed E-state index contributed by atoms with van der Waals surface area (Å²) in [7, 11) is 0. The molecule has 1 unspecified atom stereocenters. The molecular formula is C10H17N3O3. The highest BCUT2D eigenvalue weighted by Gasteiger charge is 2.23. The summed E-state index contributed by atoms with van der Waals surface area (Å²) in [5.74, 6) is 1.15. The van der Waals surface area contributed by atoms with Crippen molar-refractivity contribution in [3.63, 3.8) is 0 Å². The summed E-state index contributed by atoms with van der Waals surface area (Å²) >= 11 is 0. The number of ether oxygens (including phenoxy) is 1. The summed E-state index contributed by atoms with van der Waals surface area (Å²) in [6.45, 7) is 4.16. The van der Waals surface area contributed by atoms with E-state index < -0.39 is 4.92 Å². The van der Waals surface area contributed by atoms with Crippen molar-refractivity contribution in [3.8, 4) is 0 Å². The SMILES string of the molecule is O=[N+]([O-])C=C1NCCCN1CC1CCOC1. The molecule has 90 valence electrons. The minimum Gasteiger partial charge on any atom is -0.381 e. The summed E-state index contributed by atoms with van der Waals surface area (Å²) in [6, 6.07) is 0. The molecule has 2 aliphatic heterocycles. The van der Waals surface area contributed by atoms with Gasteiger partial charge in [-0.1, -0.05) is 0 Å². The lowest BCUT2D eigenvalue weighted by atomic mass is 10.1. The van der Waals surface area contributed by atoms with Crippen molar-refractivity contribution in [2.45, 2.75) is 12.8 Å². The summed E-state index contributed by atoms with van der Waals surface area (Å²) in [6.07, 6.45) is 3.15. The lowest BCUT2D eigenvalue weighted by molar-refractivity contribution is -0.404. The quantitative estimate of drug-likeness (QED) is 0.558. The van der Waals surface area contributed by atoms with Crippen LogP contribution >= 0.6 is 0 Å². The first-order valence-corrected chi connectivity index (χ1v) is 5.67. The molecular weight excluding hydrogens is 210 g/mol. The third-order valence-electron chi connectivity index (χ3n) is 2.98. The van der Waals surface area contributed by atoms with Gasteiger partial charge in [-0.05, 0) is 12.8 Å². The van der Waals surface area contributed by atoms with Crippen LogP contribution in [0.5, 0.6) is 0 Å². The molecule has 0 spiro atoms. The Morgan fingerprint density at radius 3 is 3.25 bits per heavy atom. The molecule has 1 atom stereocenters. The van der Waals surface area contributed by atoms with E-state index in [1.807, 2.05) is 0 Å². The van der Waals surface area contributed by atoms with Crippen molar-refractivity contribution in [1.82, 2.24) is 10.2 Å². The van der Waals surface area contributed by atoms with E-state index in [0.717, 1.165) is 51.9 Å². The monoisotopic (exact) mass is 227 g/mol. The first-order chi connectivity index (χ1) is 7.75. The minimum absolute atomic E-state index is 0.397. The maximum absolute atomic E-state index is 10.5. The van der Waals surface area contributed by atoms with Gasteiger partial charge in [0.2, 0.25) is 0 Å². The van der Waals surface area contributed by atoms with E-state index >= 15 is 0 Å². The van der Waals surface area contributed by atoms with Crippen LogP contribution in [-0.4, -0.2) is 42.7 Å². The molecule has 2 rings (SSSR count). The third-order valence-corrected chi connectivity index (χ3v) is 2.98. The maximum Gasteiger partial charge on any atom is 0.274 e. The summed E-state index contributed by atoms with van der Waals surface area (Å²) < 4.78 is 5.31. The Labute approximate surface area is 94.4 Å². The van der Waals surface area contributed by atoms with Crippen molar-refractivity contribution in [2.75, 3.05) is 32.8 Å². The first kappa shape index (κ1) is 11.2. The van der Waals surface area contributed by atoms with Crippen molar-refractivity contribution in [1.29, 1.82) is 0 Å². The molecule has 1 N–H and O–H groups in total. The van der Waals surface area contributed by atoms with Gasteiger partial charge in [0.15, 0.2) is 5.82 Å². The Balaban J connectivity index is 1.95. The zero-order valence-corrected chi connectivity index (χ0v) is 9.22. The average Bonchev–Trinajstić information content (AvgIpc) is 2.73. The molecule has 2 saturated heterocycles. The van der Waals surface area contributed by atoms with Gasteiger partial charge < -0.3 is 15.0 Å². The average molecular weight is 227 g/mol. The Hall–Kier alpha value is -1.30. The Kier molecular flexibility index (Phi) is 3.61. The molecule has 6 nitrogen and oxygen atoms in total. The Morgan fingerprint density at radius 2 is 2.56 bits per heavy atom. The van der Waals surface area contributed by atoms with Crippen molar-refractivity contribution >= 4 is 0 Å². The molecule has 0 bridgehead atoms. The Morgan fingerprint density at radius 1 is 1.69 bits per heavy atom. The van der Waals surface area contributed by atoms with Crippen LogP contribution in [0.25, 0.3) is 0 Å². The molecule has 0 aromatic rings. The van der Waals surface area contributed by atoms with E-state index in [2.05, 4.69) is 10.2 Å².